The largest absolute Gasteiger partial charge is 0.481 e. The number of aromatic nitrogens is 2. The summed E-state index contributed by atoms with van der Waals surface area (Å²) >= 11 is 6.29. The number of sulfone groups is 4. The van der Waals surface area contributed by atoms with Crippen LogP contribution < -0.4 is 21.3 Å². The van der Waals surface area contributed by atoms with Crippen molar-refractivity contribution in [1.29, 1.82) is 0 Å². The average molecular weight is 1860 g/mol. The number of alkyl halides is 6. The number of nitrogens with two attached hydrogens (primary N) is 2. The molecule has 7 aromatic rings. The number of carbonyl (C=O) groups excluding carboxylic acids is 2. The second-order valence-electron chi connectivity index (χ2n) is 27.3. The maximum atomic E-state index is 14.6. The Balaban J connectivity index is 0.000000308. The molecule has 5 N–H and O–H groups in total. The smallest absolute Gasteiger partial charge is 0.433 e. The molecule has 2 aromatic heterocycles. The van der Waals surface area contributed by atoms with E-state index >= 15 is 0 Å². The molecule has 2 aliphatic rings. The van der Waals surface area contributed by atoms with E-state index < -0.39 is 110 Å². The first-order chi connectivity index (χ1) is 54.7. The number of carbonyl (C=O) groups is 3. The Kier molecular flexibility index (Phi) is 41.4. The van der Waals surface area contributed by atoms with Gasteiger partial charge in [-0.1, -0.05) is 127 Å². The number of halogens is 13. The number of carboxylic acids is 1. The third-order valence-electron chi connectivity index (χ3n) is 19.1. The number of pyridine rings is 2. The number of Topliss-reactive ketones (excluding diaryl/α,β-unsaturated/α-hetero) is 1. The minimum Gasteiger partial charge on any atom is -0.481 e. The molecule has 2 saturated heterocycles. The molecular formula is C81H101Br2F11N6O13S4. The fourth-order valence-electron chi connectivity index (χ4n) is 11.4. The van der Waals surface area contributed by atoms with Gasteiger partial charge in [-0.2, -0.15) is 26.3 Å². The number of benzene rings is 5. The number of esters is 1. The first-order valence-corrected chi connectivity index (χ1v) is 46.6. The molecule has 648 valence electrons. The van der Waals surface area contributed by atoms with Crippen LogP contribution in [0.1, 0.15) is 172 Å². The van der Waals surface area contributed by atoms with Crippen molar-refractivity contribution in [3.05, 3.63) is 220 Å². The Bertz CT molecular complexity index is 4930. The van der Waals surface area contributed by atoms with Gasteiger partial charge in [-0.05, 0) is 178 Å². The van der Waals surface area contributed by atoms with Crippen molar-refractivity contribution in [2.45, 2.75) is 163 Å². The van der Waals surface area contributed by atoms with Crippen molar-refractivity contribution < 1.29 is 106 Å². The summed E-state index contributed by atoms with van der Waals surface area (Å²) in [5.74, 6) is -5.26. The lowest BCUT2D eigenvalue weighted by Gasteiger charge is -2.22. The normalized spacial score (nSPS) is 13.8. The van der Waals surface area contributed by atoms with Gasteiger partial charge in [0.2, 0.25) is 0 Å². The molecular weight excluding hydrogens is 1760 g/mol. The summed E-state index contributed by atoms with van der Waals surface area (Å²) in [6.45, 7) is 16.2. The van der Waals surface area contributed by atoms with E-state index in [1.807, 2.05) is 9.80 Å². The summed E-state index contributed by atoms with van der Waals surface area (Å²) in [7, 11) is -12.5. The molecule has 0 bridgehead atoms. The average Bonchev–Trinajstić information content (AvgIpc) is 1.80. The van der Waals surface area contributed by atoms with Crippen molar-refractivity contribution in [3.63, 3.8) is 0 Å². The highest BCUT2D eigenvalue weighted by atomic mass is 79.9. The number of anilines is 2. The Morgan fingerprint density at radius 1 is 0.436 bits per heavy atom. The monoisotopic (exact) mass is 1860 g/mol. The van der Waals surface area contributed by atoms with Crippen LogP contribution in [0.2, 0.25) is 0 Å². The molecule has 2 fully saturated rings. The summed E-state index contributed by atoms with van der Waals surface area (Å²) in [6.07, 6.45) is -4.39. The van der Waals surface area contributed by atoms with Crippen LogP contribution in [0.3, 0.4) is 0 Å². The van der Waals surface area contributed by atoms with Crippen molar-refractivity contribution in [3.8, 4) is 0 Å². The van der Waals surface area contributed by atoms with Gasteiger partial charge in [-0.25, -0.2) is 65.6 Å². The van der Waals surface area contributed by atoms with Crippen molar-refractivity contribution in [2.75, 3.05) is 88.6 Å². The quantitative estimate of drug-likeness (QED) is 0.0278. The minimum atomic E-state index is -4.55. The number of rotatable bonds is 30. The highest BCUT2D eigenvalue weighted by Crippen LogP contribution is 2.35. The highest BCUT2D eigenvalue weighted by molar-refractivity contribution is 9.10. The lowest BCUT2D eigenvalue weighted by molar-refractivity contribution is -0.144. The molecule has 0 spiro atoms. The first-order valence-electron chi connectivity index (χ1n) is 37.7. The Hall–Kier alpha value is -7.48. The van der Waals surface area contributed by atoms with E-state index in [0.29, 0.717) is 73.5 Å². The predicted molar refractivity (Wildman–Crippen MR) is 440 cm³/mol. The fraction of sp³-hybridized carbons (Fsp3) is 0.469. The topological polar surface area (TPSA) is 302 Å². The van der Waals surface area contributed by atoms with Crippen LogP contribution in [0.25, 0.3) is 0 Å². The number of carboxylic acid groups (broad SMARTS) is 1. The highest BCUT2D eigenvalue weighted by Gasteiger charge is 2.36. The molecule has 19 nitrogen and oxygen atoms in total. The molecule has 4 heterocycles. The summed E-state index contributed by atoms with van der Waals surface area (Å²) in [5, 5.41) is 8.84. The van der Waals surface area contributed by atoms with Crippen molar-refractivity contribution in [2.24, 2.45) is 11.5 Å². The molecule has 0 aliphatic carbocycles. The number of nitrogens with zero attached hydrogens (tertiary/aromatic N) is 4. The van der Waals surface area contributed by atoms with E-state index in [1.165, 1.54) is 74.5 Å². The number of hydrogen-bond acceptors (Lipinski definition) is 18. The van der Waals surface area contributed by atoms with Gasteiger partial charge in [0.25, 0.3) is 0 Å². The lowest BCUT2D eigenvalue weighted by atomic mass is 9.92. The third-order valence-corrected chi connectivity index (χ3v) is 26.9. The number of aliphatic carboxylic acids is 1. The van der Waals surface area contributed by atoms with Gasteiger partial charge >= 0.3 is 24.3 Å². The zero-order valence-electron chi connectivity index (χ0n) is 66.2. The number of aryl methyl sites for hydroxylation is 5. The van der Waals surface area contributed by atoms with Crippen LogP contribution >= 0.6 is 31.9 Å². The van der Waals surface area contributed by atoms with Crippen LogP contribution in [0.5, 0.6) is 0 Å². The van der Waals surface area contributed by atoms with E-state index in [0.717, 1.165) is 61.4 Å². The van der Waals surface area contributed by atoms with E-state index in [9.17, 15) is 96.3 Å². The standard InChI is InChI=1S/C25H30F4N2O3S.C15H21FO4S.C13H17FO4S.C11H14F3N3.C10H12BrFO2S.C7H7BrFN/c1-3-35(33,34)15-12-18-6-7-20(16-21(18)26)17(2)22(32)10-8-19-9-11-23(25(27,28)29)30-24(19)31-13-4-5-14-31;1-4-20-15(17)11(3)13-7-6-12(14(16)10-13)8-9-21(18,19)5-2;1-3-19(17,18)7-6-10-4-5-11(8-12(10)14)9(2)13(15)16;12-11(13,14)9-4-3-8(7-15)10(16-9)17-5-1-2-6-17;1-2-15(13,14)6-5-8-3-4-9(11)7-10(8)12;8-6-2-1-5(4-10)7(9)3-6/h6-7,9,11,16-17H,3-5,8,10,12-15H2,1-2H3;6-7,10-11H,4-5,8-9H2,1-3H3;4-5,8-9H,3,6-7H2,1-2H3,(H,15,16);3-4H,1-2,5-7,15H2;3-4,7H,2,5-6H2,1H3;1-3H,4,10H2. The lowest BCUT2D eigenvalue weighted by Crippen LogP contribution is -2.23. The Morgan fingerprint density at radius 3 is 1.04 bits per heavy atom. The van der Waals surface area contributed by atoms with Gasteiger partial charge in [0.05, 0.1) is 41.5 Å². The fourth-order valence-corrected chi connectivity index (χ4v) is 15.3. The second-order valence-corrected chi connectivity index (χ2v) is 39.1. The van der Waals surface area contributed by atoms with Crippen LogP contribution in [-0.4, -0.2) is 145 Å². The molecule has 0 amide bonds. The van der Waals surface area contributed by atoms with Crippen molar-refractivity contribution in [1.82, 2.24) is 9.97 Å². The van der Waals surface area contributed by atoms with E-state index in [4.69, 9.17) is 21.3 Å². The zero-order valence-corrected chi connectivity index (χ0v) is 72.7. The third kappa shape index (κ3) is 34.3. The van der Waals surface area contributed by atoms with Crippen LogP contribution in [0, 0.1) is 29.1 Å². The summed E-state index contributed by atoms with van der Waals surface area (Å²) in [6, 6.07) is 27.2. The molecule has 117 heavy (non-hydrogen) atoms. The Morgan fingerprint density at radius 2 is 0.735 bits per heavy atom. The molecule has 5 aromatic carbocycles. The summed E-state index contributed by atoms with van der Waals surface area (Å²) in [4.78, 5) is 46.5. The van der Waals surface area contributed by atoms with Crippen molar-refractivity contribution >= 4 is 101 Å². The minimum absolute atomic E-state index is 0.00204. The number of ketones is 1. The SMILES string of the molecule is CCOC(=O)C(C)c1ccc(CCS(=O)(=O)CC)c(F)c1.CCS(=O)(=O)CCc1ccc(Br)cc1F.CCS(=O)(=O)CCc1ccc(C(C)C(=O)CCc2ccc(C(F)(F)F)nc2N2CCCC2)cc1F.CCS(=O)(=O)CCc1ccc(C(C)C(=O)O)cc1F.NCc1ccc(Br)cc1F.NCc1ccc(C(F)(F)F)nc1N1CCCC1. The van der Waals surface area contributed by atoms with Crippen LogP contribution in [-0.2, 0) is 116 Å². The molecule has 9 rings (SSSR count). The van der Waals surface area contributed by atoms with Gasteiger partial charge in [0, 0.05) is 94.7 Å². The van der Waals surface area contributed by atoms with Gasteiger partial charge < -0.3 is 31.1 Å². The van der Waals surface area contributed by atoms with E-state index in [2.05, 4.69) is 41.8 Å². The Labute approximate surface area is 695 Å². The van der Waals surface area contributed by atoms with Gasteiger partial charge in [-0.15, -0.1) is 0 Å². The predicted octanol–water partition coefficient (Wildman–Crippen LogP) is 16.4. The van der Waals surface area contributed by atoms with Gasteiger partial charge in [0.1, 0.15) is 97.2 Å². The maximum Gasteiger partial charge on any atom is 0.433 e. The number of ether oxygens (including phenoxy) is 1. The van der Waals surface area contributed by atoms with E-state index in [1.54, 1.807) is 77.9 Å². The van der Waals surface area contributed by atoms with Gasteiger partial charge in [-0.3, -0.25) is 14.4 Å². The van der Waals surface area contributed by atoms with E-state index in [-0.39, 0.29) is 133 Å². The second kappa shape index (κ2) is 47.5. The maximum absolute atomic E-state index is 14.6. The summed E-state index contributed by atoms with van der Waals surface area (Å²) < 4.78 is 243. The molecule has 36 heteroatoms. The van der Waals surface area contributed by atoms with Crippen LogP contribution in [0.15, 0.2) is 124 Å². The molecule has 2 aliphatic heterocycles. The summed E-state index contributed by atoms with van der Waals surface area (Å²) in [5.41, 5.74) is 13.5. The molecule has 3 atom stereocenters. The first kappa shape index (κ1) is 102. The molecule has 0 saturated carbocycles. The zero-order chi connectivity index (χ0) is 88.0. The number of hydrogen-bond donors (Lipinski definition) is 3. The molecule has 0 radical (unpaired) electrons. The van der Waals surface area contributed by atoms with Crippen LogP contribution in [0.4, 0.5) is 59.9 Å². The van der Waals surface area contributed by atoms with Gasteiger partial charge in [0.15, 0.2) is 0 Å². The molecule has 3 unspecified atom stereocenters.